The van der Waals surface area contributed by atoms with Gasteiger partial charge in [-0.05, 0) is 23.3 Å². The van der Waals surface area contributed by atoms with Gasteiger partial charge in [-0.1, -0.05) is 36.4 Å². The van der Waals surface area contributed by atoms with Crippen molar-refractivity contribution in [3.63, 3.8) is 0 Å². The molecule has 0 aliphatic rings. The number of aromatic nitrogens is 2. The number of carbonyl (C=O) groups excluding carboxylic acids is 2. The van der Waals surface area contributed by atoms with Crippen LogP contribution in [0.4, 0.5) is 0 Å². The number of H-pyrrole nitrogens is 2. The maximum atomic E-state index is 12.6. The summed E-state index contributed by atoms with van der Waals surface area (Å²) in [5.74, 6) is -0.683. The predicted molar refractivity (Wildman–Crippen MR) is 108 cm³/mol. The number of ether oxygens (including phenoxy) is 1. The third-order valence-corrected chi connectivity index (χ3v) is 4.95. The zero-order chi connectivity index (χ0) is 19.5. The fraction of sp³-hybridized carbons (Fsp3) is 0.182. The van der Waals surface area contributed by atoms with Crippen LogP contribution in [0.3, 0.4) is 0 Å². The first-order chi connectivity index (χ1) is 13.7. The van der Waals surface area contributed by atoms with Crippen LogP contribution in [0, 0.1) is 0 Å². The van der Waals surface area contributed by atoms with Crippen LogP contribution in [0.25, 0.3) is 21.8 Å². The molecule has 1 atom stereocenters. The lowest BCUT2D eigenvalue weighted by atomic mass is 10.0. The highest BCUT2D eigenvalue weighted by Gasteiger charge is 2.23. The van der Waals surface area contributed by atoms with Crippen molar-refractivity contribution in [2.45, 2.75) is 18.9 Å². The van der Waals surface area contributed by atoms with Gasteiger partial charge in [0, 0.05) is 40.6 Å². The van der Waals surface area contributed by atoms with Crippen molar-refractivity contribution in [3.05, 3.63) is 72.1 Å². The van der Waals surface area contributed by atoms with E-state index in [9.17, 15) is 9.59 Å². The fourth-order valence-corrected chi connectivity index (χ4v) is 3.55. The molecule has 4 aromatic rings. The van der Waals surface area contributed by atoms with E-state index in [-0.39, 0.29) is 12.3 Å². The number of rotatable bonds is 6. The van der Waals surface area contributed by atoms with E-state index in [0.29, 0.717) is 6.42 Å². The molecule has 0 saturated heterocycles. The summed E-state index contributed by atoms with van der Waals surface area (Å²) >= 11 is 0. The fourth-order valence-electron chi connectivity index (χ4n) is 3.55. The van der Waals surface area contributed by atoms with Crippen LogP contribution < -0.4 is 5.32 Å². The van der Waals surface area contributed by atoms with Crippen LogP contribution in [0.1, 0.15) is 11.1 Å². The minimum absolute atomic E-state index is 0.186. The maximum absolute atomic E-state index is 12.6. The Morgan fingerprint density at radius 2 is 1.50 bits per heavy atom. The Bertz CT molecular complexity index is 1140. The summed E-state index contributed by atoms with van der Waals surface area (Å²) in [5.41, 5.74) is 3.82. The van der Waals surface area contributed by atoms with Gasteiger partial charge in [0.15, 0.2) is 0 Å². The van der Waals surface area contributed by atoms with Crippen molar-refractivity contribution in [2.75, 3.05) is 7.11 Å². The number of benzene rings is 2. The van der Waals surface area contributed by atoms with Crippen molar-refractivity contribution >= 4 is 33.7 Å². The molecule has 0 unspecified atom stereocenters. The SMILES string of the molecule is COC(=O)[C@H](Cc1c[nH]c2ccccc12)NC(=O)Cc1c[nH]c2ccccc12. The zero-order valence-electron chi connectivity index (χ0n) is 15.5. The van der Waals surface area contributed by atoms with Crippen molar-refractivity contribution in [2.24, 2.45) is 0 Å². The van der Waals surface area contributed by atoms with E-state index in [1.807, 2.05) is 60.9 Å². The first-order valence-electron chi connectivity index (χ1n) is 9.13. The molecule has 0 aliphatic heterocycles. The van der Waals surface area contributed by atoms with Crippen molar-refractivity contribution in [3.8, 4) is 0 Å². The molecular weight excluding hydrogens is 354 g/mol. The number of fused-ring (bicyclic) bond motifs is 2. The van der Waals surface area contributed by atoms with E-state index in [2.05, 4.69) is 15.3 Å². The second kappa shape index (κ2) is 7.60. The quantitative estimate of drug-likeness (QED) is 0.453. The summed E-state index contributed by atoms with van der Waals surface area (Å²) in [7, 11) is 1.33. The molecule has 0 aliphatic carbocycles. The molecular formula is C22H21N3O3. The molecule has 6 heteroatoms. The van der Waals surface area contributed by atoms with Gasteiger partial charge in [0.2, 0.25) is 5.91 Å². The lowest BCUT2D eigenvalue weighted by Crippen LogP contribution is -2.43. The summed E-state index contributed by atoms with van der Waals surface area (Å²) in [4.78, 5) is 31.3. The van der Waals surface area contributed by atoms with Crippen molar-refractivity contribution < 1.29 is 14.3 Å². The molecule has 1 amide bonds. The number of para-hydroxylation sites is 2. The van der Waals surface area contributed by atoms with E-state index < -0.39 is 12.0 Å². The molecule has 0 spiro atoms. The molecule has 28 heavy (non-hydrogen) atoms. The van der Waals surface area contributed by atoms with Gasteiger partial charge in [0.1, 0.15) is 6.04 Å². The number of esters is 1. The number of hydrogen-bond donors (Lipinski definition) is 3. The minimum atomic E-state index is -0.748. The third-order valence-electron chi connectivity index (χ3n) is 4.95. The van der Waals surface area contributed by atoms with E-state index in [0.717, 1.165) is 32.9 Å². The topological polar surface area (TPSA) is 87.0 Å². The summed E-state index contributed by atoms with van der Waals surface area (Å²) in [6.07, 6.45) is 4.24. The maximum Gasteiger partial charge on any atom is 0.328 e. The highest BCUT2D eigenvalue weighted by atomic mass is 16.5. The van der Waals surface area contributed by atoms with Gasteiger partial charge in [-0.2, -0.15) is 0 Å². The summed E-state index contributed by atoms with van der Waals surface area (Å²) < 4.78 is 4.91. The molecule has 0 fully saturated rings. The molecule has 2 heterocycles. The molecule has 0 radical (unpaired) electrons. The number of carbonyl (C=O) groups is 2. The van der Waals surface area contributed by atoms with Gasteiger partial charge in [0.05, 0.1) is 13.5 Å². The molecule has 142 valence electrons. The van der Waals surface area contributed by atoms with Gasteiger partial charge in [-0.15, -0.1) is 0 Å². The van der Waals surface area contributed by atoms with Gasteiger partial charge in [-0.3, -0.25) is 4.79 Å². The Morgan fingerprint density at radius 1 is 0.929 bits per heavy atom. The van der Waals surface area contributed by atoms with Crippen LogP contribution >= 0.6 is 0 Å². The van der Waals surface area contributed by atoms with E-state index in [4.69, 9.17) is 4.74 Å². The standard InChI is InChI=1S/C22H21N3O3/c1-28-22(27)20(10-14-12-23-18-8-4-2-6-16(14)18)25-21(26)11-15-13-24-19-9-5-3-7-17(15)19/h2-9,12-13,20,23-24H,10-11H2,1H3,(H,25,26)/t20-/m0/s1. The average Bonchev–Trinajstić information content (AvgIpc) is 3.31. The Kier molecular flexibility index (Phi) is 4.85. The summed E-state index contributed by atoms with van der Waals surface area (Å²) in [6, 6.07) is 14.9. The first kappa shape index (κ1) is 17.9. The van der Waals surface area contributed by atoms with Crippen LogP contribution in [-0.4, -0.2) is 35.0 Å². The molecule has 6 nitrogen and oxygen atoms in total. The summed E-state index contributed by atoms with van der Waals surface area (Å²) in [6.45, 7) is 0. The molecule has 2 aromatic heterocycles. The smallest absolute Gasteiger partial charge is 0.328 e. The van der Waals surface area contributed by atoms with Crippen molar-refractivity contribution in [1.29, 1.82) is 0 Å². The number of methoxy groups -OCH3 is 1. The molecule has 4 rings (SSSR count). The van der Waals surface area contributed by atoms with Crippen LogP contribution in [0.2, 0.25) is 0 Å². The van der Waals surface area contributed by atoms with Crippen LogP contribution in [0.5, 0.6) is 0 Å². The second-order valence-electron chi connectivity index (χ2n) is 6.74. The average molecular weight is 375 g/mol. The lowest BCUT2D eigenvalue weighted by molar-refractivity contribution is -0.145. The lowest BCUT2D eigenvalue weighted by Gasteiger charge is -2.16. The third kappa shape index (κ3) is 3.49. The normalized spacial score (nSPS) is 12.2. The van der Waals surface area contributed by atoms with E-state index >= 15 is 0 Å². The molecule has 0 saturated carbocycles. The van der Waals surface area contributed by atoms with Crippen LogP contribution in [0.15, 0.2) is 60.9 Å². The van der Waals surface area contributed by atoms with Crippen LogP contribution in [-0.2, 0) is 27.2 Å². The van der Waals surface area contributed by atoms with Gasteiger partial charge in [0.25, 0.3) is 0 Å². The van der Waals surface area contributed by atoms with Gasteiger partial charge in [-0.25, -0.2) is 4.79 Å². The Hall–Kier alpha value is -3.54. The first-order valence-corrected chi connectivity index (χ1v) is 9.13. The largest absolute Gasteiger partial charge is 0.467 e. The highest BCUT2D eigenvalue weighted by Crippen LogP contribution is 2.20. The zero-order valence-corrected chi connectivity index (χ0v) is 15.5. The number of hydrogen-bond acceptors (Lipinski definition) is 3. The second-order valence-corrected chi connectivity index (χ2v) is 6.74. The Labute approximate surface area is 161 Å². The highest BCUT2D eigenvalue weighted by molar-refractivity contribution is 5.91. The summed E-state index contributed by atoms with van der Waals surface area (Å²) in [5, 5.41) is 4.87. The monoisotopic (exact) mass is 375 g/mol. The minimum Gasteiger partial charge on any atom is -0.467 e. The van der Waals surface area contributed by atoms with E-state index in [1.165, 1.54) is 7.11 Å². The Balaban J connectivity index is 1.51. The molecule has 0 bridgehead atoms. The number of aromatic amines is 2. The van der Waals surface area contributed by atoms with Gasteiger partial charge >= 0.3 is 5.97 Å². The molecule has 3 N–H and O–H groups in total. The van der Waals surface area contributed by atoms with Crippen molar-refractivity contribution in [1.82, 2.24) is 15.3 Å². The Morgan fingerprint density at radius 3 is 2.14 bits per heavy atom. The van der Waals surface area contributed by atoms with E-state index in [1.54, 1.807) is 0 Å². The van der Waals surface area contributed by atoms with Gasteiger partial charge < -0.3 is 20.0 Å². The number of nitrogens with one attached hydrogen (secondary N) is 3. The predicted octanol–water partition coefficient (Wildman–Crippen LogP) is 3.09. The number of amides is 1. The molecule has 2 aromatic carbocycles.